The van der Waals surface area contributed by atoms with Gasteiger partial charge in [-0.3, -0.25) is 4.90 Å². The van der Waals surface area contributed by atoms with Crippen molar-refractivity contribution < 1.29 is 0 Å². The average Bonchev–Trinajstić information content (AvgIpc) is 2.17. The van der Waals surface area contributed by atoms with E-state index in [4.69, 9.17) is 0 Å². The molecule has 0 fully saturated rings. The van der Waals surface area contributed by atoms with Gasteiger partial charge >= 0.3 is 0 Å². The first-order valence-electron chi connectivity index (χ1n) is 5.44. The van der Waals surface area contributed by atoms with Crippen molar-refractivity contribution >= 4 is 12.4 Å². The molecule has 1 aromatic carbocycles. The van der Waals surface area contributed by atoms with Crippen LogP contribution in [0, 0.1) is 0 Å². The Morgan fingerprint density at radius 1 is 1.19 bits per heavy atom. The minimum absolute atomic E-state index is 0. The van der Waals surface area contributed by atoms with E-state index in [0.29, 0.717) is 0 Å². The van der Waals surface area contributed by atoms with Gasteiger partial charge in [0.2, 0.25) is 0 Å². The van der Waals surface area contributed by atoms with Crippen molar-refractivity contribution in [2.24, 2.45) is 0 Å². The van der Waals surface area contributed by atoms with Crippen molar-refractivity contribution in [1.82, 2.24) is 4.90 Å². The summed E-state index contributed by atoms with van der Waals surface area (Å²) in [6.45, 7) is 12.4. The van der Waals surface area contributed by atoms with Crippen molar-refractivity contribution in [3.8, 4) is 0 Å². The molecule has 0 saturated heterocycles. The Morgan fingerprint density at radius 3 is 2.19 bits per heavy atom. The molecule has 0 aliphatic carbocycles. The van der Waals surface area contributed by atoms with Gasteiger partial charge in [0, 0.05) is 18.6 Å². The van der Waals surface area contributed by atoms with Crippen LogP contribution in [0.3, 0.4) is 0 Å². The summed E-state index contributed by atoms with van der Waals surface area (Å²) in [6.07, 6.45) is 1.97. The van der Waals surface area contributed by atoms with Crippen molar-refractivity contribution in [2.45, 2.75) is 32.9 Å². The molecule has 0 spiro atoms. The van der Waals surface area contributed by atoms with Crippen LogP contribution in [-0.2, 0) is 6.54 Å². The molecule has 0 unspecified atom stereocenters. The molecule has 1 rings (SSSR count). The molecule has 1 aromatic rings. The smallest absolute Gasteiger partial charge is 0.0242 e. The number of halogens is 1. The van der Waals surface area contributed by atoms with E-state index >= 15 is 0 Å². The topological polar surface area (TPSA) is 3.24 Å². The van der Waals surface area contributed by atoms with Gasteiger partial charge in [0.25, 0.3) is 0 Å². The predicted molar refractivity (Wildman–Crippen MR) is 74.1 cm³/mol. The number of benzene rings is 1. The molecule has 0 bridgehead atoms. The monoisotopic (exact) mass is 239 g/mol. The Morgan fingerprint density at radius 2 is 1.75 bits per heavy atom. The van der Waals surface area contributed by atoms with Crippen LogP contribution in [0.15, 0.2) is 43.0 Å². The summed E-state index contributed by atoms with van der Waals surface area (Å²) < 4.78 is 0. The van der Waals surface area contributed by atoms with Gasteiger partial charge in [0.15, 0.2) is 0 Å². The van der Waals surface area contributed by atoms with Gasteiger partial charge in [-0.15, -0.1) is 19.0 Å². The number of nitrogens with zero attached hydrogens (tertiary/aromatic N) is 1. The van der Waals surface area contributed by atoms with Crippen LogP contribution in [-0.4, -0.2) is 17.0 Å². The highest BCUT2D eigenvalue weighted by molar-refractivity contribution is 5.85. The lowest BCUT2D eigenvalue weighted by Crippen LogP contribution is -2.40. The fourth-order valence-corrected chi connectivity index (χ4v) is 1.54. The molecule has 0 aliphatic rings. The third kappa shape index (κ3) is 4.82. The predicted octanol–water partition coefficient (Wildman–Crippen LogP) is 3.89. The lowest BCUT2D eigenvalue weighted by atomic mass is 10.0. The van der Waals surface area contributed by atoms with Gasteiger partial charge in [-0.1, -0.05) is 36.4 Å². The quantitative estimate of drug-likeness (QED) is 0.721. The lowest BCUT2D eigenvalue weighted by molar-refractivity contribution is 0.145. The lowest BCUT2D eigenvalue weighted by Gasteiger charge is -2.34. The molecule has 2 heteroatoms. The maximum absolute atomic E-state index is 3.81. The van der Waals surface area contributed by atoms with Gasteiger partial charge in [-0.2, -0.15) is 0 Å². The van der Waals surface area contributed by atoms with Crippen LogP contribution in [0.4, 0.5) is 0 Å². The first-order valence-corrected chi connectivity index (χ1v) is 5.44. The zero-order valence-corrected chi connectivity index (χ0v) is 11.3. The molecule has 0 aliphatic heterocycles. The van der Waals surface area contributed by atoms with E-state index in [1.54, 1.807) is 0 Å². The van der Waals surface area contributed by atoms with Crippen molar-refractivity contribution in [3.05, 3.63) is 48.6 Å². The van der Waals surface area contributed by atoms with Gasteiger partial charge in [-0.25, -0.2) is 0 Å². The molecule has 0 amide bonds. The molecule has 0 N–H and O–H groups in total. The molecule has 0 saturated carbocycles. The second-order valence-corrected chi connectivity index (χ2v) is 4.83. The molecule has 16 heavy (non-hydrogen) atoms. The van der Waals surface area contributed by atoms with Crippen LogP contribution in [0.5, 0.6) is 0 Å². The zero-order valence-electron chi connectivity index (χ0n) is 10.4. The van der Waals surface area contributed by atoms with Crippen molar-refractivity contribution in [3.63, 3.8) is 0 Å². The van der Waals surface area contributed by atoms with Gasteiger partial charge in [0.1, 0.15) is 0 Å². The van der Waals surface area contributed by atoms with Crippen LogP contribution >= 0.6 is 12.4 Å². The third-order valence-corrected chi connectivity index (χ3v) is 2.51. The molecular weight excluding hydrogens is 218 g/mol. The highest BCUT2D eigenvalue weighted by Gasteiger charge is 2.19. The van der Waals surface area contributed by atoms with Gasteiger partial charge < -0.3 is 0 Å². The minimum Gasteiger partial charge on any atom is -0.291 e. The zero-order chi connectivity index (χ0) is 11.3. The van der Waals surface area contributed by atoms with Crippen molar-refractivity contribution in [2.75, 3.05) is 6.54 Å². The molecule has 1 nitrogen and oxygen atoms in total. The van der Waals surface area contributed by atoms with E-state index in [1.165, 1.54) is 5.56 Å². The molecule has 0 heterocycles. The summed E-state index contributed by atoms with van der Waals surface area (Å²) in [4.78, 5) is 2.41. The van der Waals surface area contributed by atoms with Gasteiger partial charge in [0.05, 0.1) is 0 Å². The minimum atomic E-state index is 0. The highest BCUT2D eigenvalue weighted by atomic mass is 35.5. The SMILES string of the molecule is C=CCN(Cc1ccccc1)C(C)(C)C.Cl. The third-order valence-electron chi connectivity index (χ3n) is 2.51. The molecule has 0 atom stereocenters. The first kappa shape index (κ1) is 15.2. The fraction of sp³-hybridized carbons (Fsp3) is 0.429. The number of hydrogen-bond donors (Lipinski definition) is 0. The Bertz CT molecular complexity index is 300. The molecular formula is C14H22ClN. The second-order valence-electron chi connectivity index (χ2n) is 4.83. The first-order chi connectivity index (χ1) is 7.04. The number of hydrogen-bond acceptors (Lipinski definition) is 1. The van der Waals surface area contributed by atoms with Crippen LogP contribution in [0.2, 0.25) is 0 Å². The van der Waals surface area contributed by atoms with E-state index in [1.807, 2.05) is 6.08 Å². The normalized spacial score (nSPS) is 11.0. The summed E-state index contributed by atoms with van der Waals surface area (Å²) in [5, 5.41) is 0. The summed E-state index contributed by atoms with van der Waals surface area (Å²) in [5.41, 5.74) is 1.54. The largest absolute Gasteiger partial charge is 0.291 e. The molecule has 0 aromatic heterocycles. The summed E-state index contributed by atoms with van der Waals surface area (Å²) in [7, 11) is 0. The Labute approximate surface area is 106 Å². The maximum Gasteiger partial charge on any atom is 0.0242 e. The van der Waals surface area contributed by atoms with Crippen LogP contribution in [0.1, 0.15) is 26.3 Å². The van der Waals surface area contributed by atoms with E-state index in [0.717, 1.165) is 13.1 Å². The van der Waals surface area contributed by atoms with Crippen molar-refractivity contribution in [1.29, 1.82) is 0 Å². The molecule has 0 radical (unpaired) electrons. The van der Waals surface area contributed by atoms with E-state index in [2.05, 4.69) is 62.6 Å². The van der Waals surface area contributed by atoms with Gasteiger partial charge in [-0.05, 0) is 26.3 Å². The highest BCUT2D eigenvalue weighted by Crippen LogP contribution is 2.16. The fourth-order valence-electron chi connectivity index (χ4n) is 1.54. The standard InChI is InChI=1S/C14H21N.ClH/c1-5-11-15(14(2,3)4)12-13-9-7-6-8-10-13;/h5-10H,1,11-12H2,2-4H3;1H. The summed E-state index contributed by atoms with van der Waals surface area (Å²) >= 11 is 0. The Balaban J connectivity index is 0.00000225. The summed E-state index contributed by atoms with van der Waals surface area (Å²) in [6, 6.07) is 10.6. The van der Waals surface area contributed by atoms with Crippen LogP contribution in [0.25, 0.3) is 0 Å². The number of rotatable bonds is 4. The molecule has 90 valence electrons. The average molecular weight is 240 g/mol. The van der Waals surface area contributed by atoms with E-state index in [9.17, 15) is 0 Å². The van der Waals surface area contributed by atoms with E-state index in [-0.39, 0.29) is 17.9 Å². The Kier molecular flexibility index (Phi) is 6.39. The van der Waals surface area contributed by atoms with Crippen LogP contribution < -0.4 is 0 Å². The Hall–Kier alpha value is -0.790. The summed E-state index contributed by atoms with van der Waals surface area (Å²) in [5.74, 6) is 0. The van der Waals surface area contributed by atoms with E-state index < -0.39 is 0 Å². The maximum atomic E-state index is 3.81. The second kappa shape index (κ2) is 6.72.